The second-order valence-electron chi connectivity index (χ2n) is 3.87. The van der Waals surface area contributed by atoms with Crippen LogP contribution in [0.15, 0.2) is 18.2 Å². The predicted octanol–water partition coefficient (Wildman–Crippen LogP) is 1.37. The molecule has 0 fully saturated rings. The molecule has 0 aromatic heterocycles. The summed E-state index contributed by atoms with van der Waals surface area (Å²) in [5.41, 5.74) is 2.05. The van der Waals surface area contributed by atoms with Crippen LogP contribution in [0, 0.1) is 0 Å². The number of nitrogens with zero attached hydrogens (tertiary/aromatic N) is 1. The Kier molecular flexibility index (Phi) is 6.20. The van der Waals surface area contributed by atoms with Crippen molar-refractivity contribution in [3.05, 3.63) is 34.9 Å². The normalized spacial score (nSPS) is 12.8. The van der Waals surface area contributed by atoms with Gasteiger partial charge in [0.2, 0.25) is 0 Å². The lowest BCUT2D eigenvalue weighted by atomic mass is 10.1. The lowest BCUT2D eigenvalue weighted by Crippen LogP contribution is -2.29. The molecule has 0 aliphatic carbocycles. The van der Waals surface area contributed by atoms with E-state index in [9.17, 15) is 9.59 Å². The first kappa shape index (κ1) is 16.2. The first-order chi connectivity index (χ1) is 9.60. The van der Waals surface area contributed by atoms with E-state index in [4.69, 9.17) is 9.90 Å². The molecule has 1 aromatic rings. The Hall–Kier alpha value is -1.86. The molecule has 0 spiro atoms. The molecule has 2 amide bonds. The van der Waals surface area contributed by atoms with Gasteiger partial charge in [0, 0.05) is 13.1 Å². The van der Waals surface area contributed by atoms with Gasteiger partial charge in [-0.15, -0.1) is 0 Å². The highest BCUT2D eigenvalue weighted by Gasteiger charge is 2.34. The molecule has 2 rings (SSSR count). The van der Waals surface area contributed by atoms with Crippen molar-refractivity contribution in [1.82, 2.24) is 9.62 Å². The molecule has 0 atom stereocenters. The highest BCUT2D eigenvalue weighted by atomic mass is 32.2. The summed E-state index contributed by atoms with van der Waals surface area (Å²) in [4.78, 5) is 33.4. The molecule has 0 saturated carbocycles. The van der Waals surface area contributed by atoms with E-state index in [1.165, 1.54) is 16.8 Å². The molecule has 20 heavy (non-hydrogen) atoms. The Labute approximate surface area is 121 Å². The minimum Gasteiger partial charge on any atom is -0.483 e. The van der Waals surface area contributed by atoms with Crippen molar-refractivity contribution >= 4 is 30.2 Å². The summed E-state index contributed by atoms with van der Waals surface area (Å²) in [6, 6.07) is 5.42. The number of carboxylic acid groups (broad SMARTS) is 1. The van der Waals surface area contributed by atoms with Crippen LogP contribution in [0.2, 0.25) is 0 Å². The molecule has 0 saturated heterocycles. The first-order valence-electron chi connectivity index (χ1n) is 5.93. The van der Waals surface area contributed by atoms with Gasteiger partial charge in [0.15, 0.2) is 0 Å². The van der Waals surface area contributed by atoms with Gasteiger partial charge in [-0.05, 0) is 30.9 Å². The van der Waals surface area contributed by atoms with Gasteiger partial charge in [-0.3, -0.25) is 24.0 Å². The molecule has 0 unspecified atom stereocenters. The molecule has 2 N–H and O–H groups in total. The number of fused-ring (bicyclic) bond motifs is 1. The third kappa shape index (κ3) is 3.37. The van der Waals surface area contributed by atoms with E-state index in [0.717, 1.165) is 5.56 Å². The van der Waals surface area contributed by atoms with E-state index in [0.29, 0.717) is 24.2 Å². The molecule has 1 aliphatic heterocycles. The highest BCUT2D eigenvalue weighted by Crippen LogP contribution is 2.23. The van der Waals surface area contributed by atoms with Crippen molar-refractivity contribution < 1.29 is 19.5 Å². The lowest BCUT2D eigenvalue weighted by molar-refractivity contribution is -0.122. The third-order valence-corrected chi connectivity index (χ3v) is 3.20. The quantitative estimate of drug-likeness (QED) is 0.496. The summed E-state index contributed by atoms with van der Waals surface area (Å²) in [5, 5.41) is 6.89. The maximum atomic E-state index is 11.9. The number of hydrogen-bond donors (Lipinski definition) is 2. The van der Waals surface area contributed by atoms with E-state index in [-0.39, 0.29) is 18.3 Å². The highest BCUT2D eigenvalue weighted by molar-refractivity contribution is 7.96. The summed E-state index contributed by atoms with van der Waals surface area (Å²) < 4.78 is 3.11. The van der Waals surface area contributed by atoms with Crippen LogP contribution >= 0.6 is 11.9 Å². The summed E-state index contributed by atoms with van der Waals surface area (Å²) in [6.45, 7) is 2.66. The van der Waals surface area contributed by atoms with E-state index in [1.54, 1.807) is 19.1 Å². The fourth-order valence-electron chi connectivity index (χ4n) is 1.89. The molecule has 1 heterocycles. The van der Waals surface area contributed by atoms with Crippen molar-refractivity contribution in [1.29, 1.82) is 0 Å². The zero-order valence-electron chi connectivity index (χ0n) is 11.3. The molecule has 7 heteroatoms. The fourth-order valence-corrected chi connectivity index (χ4v) is 2.20. The lowest BCUT2D eigenvalue weighted by Gasteiger charge is -2.08. The maximum absolute atomic E-state index is 11.9. The number of carbonyl (C=O) groups excluding carboxylic acids is 2. The number of benzene rings is 1. The van der Waals surface area contributed by atoms with Gasteiger partial charge in [-0.2, -0.15) is 0 Å². The standard InChI is InChI=1S/C12H14N2O2S.CH2O2/c1-3-14-11(15)9-5-4-8(7-13-17-2)6-10(9)12(14)16;2-1-3/h4-6,13H,3,7H2,1-2H3;1H,(H,2,3). The van der Waals surface area contributed by atoms with Gasteiger partial charge < -0.3 is 5.11 Å². The number of nitrogens with one attached hydrogen (secondary N) is 1. The Morgan fingerprint density at radius 1 is 1.30 bits per heavy atom. The maximum Gasteiger partial charge on any atom is 0.290 e. The van der Waals surface area contributed by atoms with Crippen LogP contribution in [0.25, 0.3) is 0 Å². The molecule has 0 bridgehead atoms. The number of carbonyl (C=O) groups is 3. The van der Waals surface area contributed by atoms with Crippen molar-refractivity contribution in [2.24, 2.45) is 0 Å². The number of rotatable bonds is 4. The number of hydrogen-bond acceptors (Lipinski definition) is 5. The smallest absolute Gasteiger partial charge is 0.290 e. The van der Waals surface area contributed by atoms with Crippen LogP contribution in [-0.4, -0.2) is 41.1 Å². The van der Waals surface area contributed by atoms with Crippen LogP contribution in [0.3, 0.4) is 0 Å². The molecule has 6 nitrogen and oxygen atoms in total. The molecule has 1 aromatic carbocycles. The average molecular weight is 296 g/mol. The van der Waals surface area contributed by atoms with Crippen molar-refractivity contribution in [2.45, 2.75) is 13.5 Å². The van der Waals surface area contributed by atoms with Crippen molar-refractivity contribution in [2.75, 3.05) is 12.8 Å². The topological polar surface area (TPSA) is 86.7 Å². The van der Waals surface area contributed by atoms with E-state index < -0.39 is 0 Å². The first-order valence-corrected chi connectivity index (χ1v) is 7.15. The second-order valence-corrected chi connectivity index (χ2v) is 4.56. The summed E-state index contributed by atoms with van der Waals surface area (Å²) >= 11 is 1.52. The van der Waals surface area contributed by atoms with Gasteiger partial charge >= 0.3 is 0 Å². The van der Waals surface area contributed by atoms with Crippen LogP contribution in [0.4, 0.5) is 0 Å². The summed E-state index contributed by atoms with van der Waals surface area (Å²) in [6.07, 6.45) is 1.95. The molecule has 108 valence electrons. The zero-order valence-corrected chi connectivity index (χ0v) is 12.1. The van der Waals surface area contributed by atoms with Gasteiger partial charge in [-0.1, -0.05) is 18.0 Å². The van der Waals surface area contributed by atoms with Gasteiger partial charge in [0.25, 0.3) is 18.3 Å². The number of amides is 2. The average Bonchev–Trinajstić information content (AvgIpc) is 2.69. The minimum absolute atomic E-state index is 0.182. The van der Waals surface area contributed by atoms with Gasteiger partial charge in [0.1, 0.15) is 0 Å². The van der Waals surface area contributed by atoms with Crippen LogP contribution < -0.4 is 4.72 Å². The fraction of sp³-hybridized carbons (Fsp3) is 0.308. The Balaban J connectivity index is 0.000000612. The van der Waals surface area contributed by atoms with E-state index >= 15 is 0 Å². The summed E-state index contributed by atoms with van der Waals surface area (Å²) in [5.74, 6) is -0.365. The number of imide groups is 1. The van der Waals surface area contributed by atoms with E-state index in [2.05, 4.69) is 4.72 Å². The minimum atomic E-state index is -0.250. The van der Waals surface area contributed by atoms with Gasteiger partial charge in [-0.25, -0.2) is 0 Å². The molecular formula is C13H16N2O4S. The predicted molar refractivity (Wildman–Crippen MR) is 76.5 cm³/mol. The Bertz CT molecular complexity index is 519. The largest absolute Gasteiger partial charge is 0.483 e. The van der Waals surface area contributed by atoms with Crippen LogP contribution in [0.1, 0.15) is 33.2 Å². The van der Waals surface area contributed by atoms with Crippen LogP contribution in [0.5, 0.6) is 0 Å². The molecule has 1 aliphatic rings. The second kappa shape index (κ2) is 7.66. The van der Waals surface area contributed by atoms with E-state index in [1.807, 2.05) is 12.3 Å². The summed E-state index contributed by atoms with van der Waals surface area (Å²) in [7, 11) is 0. The Morgan fingerprint density at radius 3 is 2.45 bits per heavy atom. The Morgan fingerprint density at radius 2 is 1.90 bits per heavy atom. The van der Waals surface area contributed by atoms with Gasteiger partial charge in [0.05, 0.1) is 11.1 Å². The molecular weight excluding hydrogens is 280 g/mol. The zero-order chi connectivity index (χ0) is 15.1. The van der Waals surface area contributed by atoms with Crippen molar-refractivity contribution in [3.8, 4) is 0 Å². The third-order valence-electron chi connectivity index (χ3n) is 2.77. The van der Waals surface area contributed by atoms with Crippen molar-refractivity contribution in [3.63, 3.8) is 0 Å². The van der Waals surface area contributed by atoms with Crippen LogP contribution in [-0.2, 0) is 11.3 Å². The SMILES string of the molecule is CCN1C(=O)c2ccc(CNSC)cc2C1=O.O=CO. The molecule has 0 radical (unpaired) electrons. The monoisotopic (exact) mass is 296 g/mol.